The molecule has 0 bridgehead atoms. The highest BCUT2D eigenvalue weighted by atomic mass is 19.1. The van der Waals surface area contributed by atoms with Gasteiger partial charge in [-0.05, 0) is 50.6 Å². The summed E-state index contributed by atoms with van der Waals surface area (Å²) in [6.07, 6.45) is 0.732. The molecule has 1 atom stereocenters. The number of aromatic nitrogens is 1. The van der Waals surface area contributed by atoms with E-state index in [1.54, 1.807) is 26.8 Å². The van der Waals surface area contributed by atoms with Crippen LogP contribution < -0.4 is 10.6 Å². The van der Waals surface area contributed by atoms with Crippen molar-refractivity contribution in [2.45, 2.75) is 33.3 Å². The van der Waals surface area contributed by atoms with E-state index in [0.717, 1.165) is 0 Å². The van der Waals surface area contributed by atoms with E-state index in [9.17, 15) is 18.8 Å². The van der Waals surface area contributed by atoms with Crippen molar-refractivity contribution in [3.8, 4) is 0 Å². The van der Waals surface area contributed by atoms with Crippen LogP contribution in [0.3, 0.4) is 0 Å². The van der Waals surface area contributed by atoms with Crippen molar-refractivity contribution in [1.82, 2.24) is 10.3 Å². The van der Waals surface area contributed by atoms with Gasteiger partial charge in [0, 0.05) is 35.8 Å². The number of halogens is 1. The van der Waals surface area contributed by atoms with Gasteiger partial charge in [-0.2, -0.15) is 0 Å². The number of nitrogens with one attached hydrogen (secondary N) is 3. The smallest absolute Gasteiger partial charge is 0.306 e. The molecule has 0 saturated heterocycles. The molecule has 2 amide bonds. The molecule has 2 aromatic rings. The van der Waals surface area contributed by atoms with Crippen LogP contribution in [0.4, 0.5) is 10.1 Å². The number of fused-ring (bicyclic) bond motifs is 1. The number of benzene rings is 1. The van der Waals surface area contributed by atoms with Crippen molar-refractivity contribution < 1.29 is 28.6 Å². The highest BCUT2D eigenvalue weighted by Crippen LogP contribution is 2.34. The van der Waals surface area contributed by atoms with Gasteiger partial charge >= 0.3 is 5.97 Å². The number of hydrogen-bond donors (Lipinski definition) is 4. The second-order valence-electron chi connectivity index (χ2n) is 7.25. The topological polar surface area (TPSA) is 121 Å². The number of rotatable bonds is 8. The molecule has 3 rings (SSSR count). The molecular formula is C22H24FN3O5. The summed E-state index contributed by atoms with van der Waals surface area (Å²) in [4.78, 5) is 39.2. The fourth-order valence-corrected chi connectivity index (χ4v) is 3.62. The van der Waals surface area contributed by atoms with Crippen molar-refractivity contribution in [3.05, 3.63) is 52.1 Å². The first-order chi connectivity index (χ1) is 14.7. The zero-order valence-electron chi connectivity index (χ0n) is 17.5. The highest BCUT2D eigenvalue weighted by Gasteiger charge is 2.26. The molecule has 164 valence electrons. The van der Waals surface area contributed by atoms with E-state index in [0.29, 0.717) is 45.9 Å². The average molecular weight is 429 g/mol. The monoisotopic (exact) mass is 429 g/mol. The predicted molar refractivity (Wildman–Crippen MR) is 113 cm³/mol. The molecule has 2 heterocycles. The summed E-state index contributed by atoms with van der Waals surface area (Å²) >= 11 is 0. The van der Waals surface area contributed by atoms with Crippen LogP contribution in [0.25, 0.3) is 11.6 Å². The quantitative estimate of drug-likeness (QED) is 0.481. The second kappa shape index (κ2) is 9.13. The summed E-state index contributed by atoms with van der Waals surface area (Å²) < 4.78 is 19.0. The second-order valence-corrected chi connectivity index (χ2v) is 7.25. The number of aryl methyl sites for hydroxylation is 1. The summed E-state index contributed by atoms with van der Waals surface area (Å²) in [5.74, 6) is -2.20. The largest absolute Gasteiger partial charge is 0.481 e. The number of amides is 2. The molecule has 0 saturated carbocycles. The van der Waals surface area contributed by atoms with Gasteiger partial charge in [0.25, 0.3) is 11.8 Å². The van der Waals surface area contributed by atoms with E-state index in [-0.39, 0.29) is 24.8 Å². The number of aliphatic carboxylic acids is 1. The lowest BCUT2D eigenvalue weighted by Gasteiger charge is -2.16. The van der Waals surface area contributed by atoms with Crippen LogP contribution >= 0.6 is 0 Å². The van der Waals surface area contributed by atoms with E-state index < -0.39 is 17.9 Å². The minimum atomic E-state index is -1.01. The Hall–Kier alpha value is -3.46. The summed E-state index contributed by atoms with van der Waals surface area (Å²) in [6.45, 7) is 5.59. The molecule has 0 radical (unpaired) electrons. The molecule has 0 fully saturated rings. The van der Waals surface area contributed by atoms with Gasteiger partial charge in [-0.1, -0.05) is 0 Å². The minimum absolute atomic E-state index is 0.0501. The van der Waals surface area contributed by atoms with E-state index >= 15 is 0 Å². The number of carboxylic acid groups (broad SMARTS) is 1. The molecule has 1 unspecified atom stereocenters. The van der Waals surface area contributed by atoms with E-state index in [1.807, 2.05) is 0 Å². The number of aromatic amines is 1. The molecule has 1 aliphatic rings. The fraction of sp³-hybridized carbons (Fsp3) is 0.318. The maximum Gasteiger partial charge on any atom is 0.306 e. The van der Waals surface area contributed by atoms with E-state index in [4.69, 9.17) is 9.84 Å². The fourth-order valence-electron chi connectivity index (χ4n) is 3.62. The van der Waals surface area contributed by atoms with Gasteiger partial charge in [0.2, 0.25) is 0 Å². The Kier molecular flexibility index (Phi) is 6.55. The molecule has 0 aliphatic carbocycles. The van der Waals surface area contributed by atoms with Gasteiger partial charge in [0.15, 0.2) is 0 Å². The Morgan fingerprint density at radius 3 is 2.74 bits per heavy atom. The van der Waals surface area contributed by atoms with Crippen LogP contribution in [-0.2, 0) is 14.3 Å². The Balaban J connectivity index is 1.84. The van der Waals surface area contributed by atoms with E-state index in [1.165, 1.54) is 18.2 Å². The van der Waals surface area contributed by atoms with Crippen molar-refractivity contribution in [2.24, 2.45) is 0 Å². The number of ether oxygens (including phenoxy) is 1. The zero-order chi connectivity index (χ0) is 22.7. The highest BCUT2D eigenvalue weighted by molar-refractivity contribution is 6.34. The van der Waals surface area contributed by atoms with Gasteiger partial charge < -0.3 is 25.5 Å². The Labute approximate surface area is 178 Å². The molecule has 4 N–H and O–H groups in total. The Morgan fingerprint density at radius 2 is 2.06 bits per heavy atom. The van der Waals surface area contributed by atoms with Crippen LogP contribution in [0, 0.1) is 19.7 Å². The molecule has 1 aromatic carbocycles. The number of carbonyl (C=O) groups excluding carboxylic acids is 2. The van der Waals surface area contributed by atoms with Crippen LogP contribution in [-0.4, -0.2) is 47.1 Å². The van der Waals surface area contributed by atoms with Gasteiger partial charge in [-0.25, -0.2) is 4.39 Å². The van der Waals surface area contributed by atoms with Crippen molar-refractivity contribution in [2.75, 3.05) is 18.5 Å². The molecule has 31 heavy (non-hydrogen) atoms. The lowest BCUT2D eigenvalue weighted by Crippen LogP contribution is -2.35. The normalized spacial score (nSPS) is 15.0. The van der Waals surface area contributed by atoms with Gasteiger partial charge in [-0.3, -0.25) is 14.4 Å². The first-order valence-electron chi connectivity index (χ1n) is 9.85. The minimum Gasteiger partial charge on any atom is -0.481 e. The van der Waals surface area contributed by atoms with E-state index in [2.05, 4.69) is 15.6 Å². The third-order valence-electron chi connectivity index (χ3n) is 5.05. The molecular weight excluding hydrogens is 405 g/mol. The number of carbonyl (C=O) groups is 3. The van der Waals surface area contributed by atoms with Crippen LogP contribution in [0.5, 0.6) is 0 Å². The van der Waals surface area contributed by atoms with Crippen LogP contribution in [0.15, 0.2) is 18.2 Å². The molecule has 1 aliphatic heterocycles. The van der Waals surface area contributed by atoms with Gasteiger partial charge in [0.05, 0.1) is 23.7 Å². The molecule has 9 heteroatoms. The van der Waals surface area contributed by atoms with Crippen molar-refractivity contribution >= 4 is 35.1 Å². The lowest BCUT2D eigenvalue weighted by molar-refractivity contribution is -0.140. The van der Waals surface area contributed by atoms with Crippen LogP contribution in [0.1, 0.15) is 46.2 Å². The first-order valence-corrected chi connectivity index (χ1v) is 9.85. The first kappa shape index (κ1) is 22.2. The predicted octanol–water partition coefficient (Wildman–Crippen LogP) is 2.87. The SMILES string of the molecule is CCOC(CNC(=O)c1c(C)[nH]c(/C=C2\C(=O)Nc3ccc(F)cc32)c1C)CC(=O)O. The van der Waals surface area contributed by atoms with Crippen LogP contribution in [0.2, 0.25) is 0 Å². The lowest BCUT2D eigenvalue weighted by atomic mass is 10.0. The average Bonchev–Trinajstić information content (AvgIpc) is 3.15. The Bertz CT molecular complexity index is 1070. The molecule has 0 spiro atoms. The van der Waals surface area contributed by atoms with Crippen molar-refractivity contribution in [1.29, 1.82) is 0 Å². The zero-order valence-corrected chi connectivity index (χ0v) is 17.5. The summed E-state index contributed by atoms with van der Waals surface area (Å²) in [7, 11) is 0. The van der Waals surface area contributed by atoms with Gasteiger partial charge in [-0.15, -0.1) is 0 Å². The third-order valence-corrected chi connectivity index (χ3v) is 5.05. The Morgan fingerprint density at radius 1 is 1.32 bits per heavy atom. The maximum atomic E-state index is 13.7. The van der Waals surface area contributed by atoms with Gasteiger partial charge in [0.1, 0.15) is 5.82 Å². The third kappa shape index (κ3) is 4.83. The number of H-pyrrole nitrogens is 1. The summed E-state index contributed by atoms with van der Waals surface area (Å²) in [6, 6.07) is 4.06. The number of anilines is 1. The molecule has 1 aromatic heterocycles. The molecule has 8 nitrogen and oxygen atoms in total. The maximum absolute atomic E-state index is 13.7. The number of hydrogen-bond acceptors (Lipinski definition) is 4. The standard InChI is InChI=1S/C22H24FN3O5/c1-4-31-14(8-19(27)28)10-24-22(30)20-11(2)18(25-12(20)3)9-16-15-7-13(23)5-6-17(15)26-21(16)29/h5-7,9,14,25H,4,8,10H2,1-3H3,(H,24,30)(H,26,29)(H,27,28)/b16-9-. The van der Waals surface area contributed by atoms with Crippen molar-refractivity contribution in [3.63, 3.8) is 0 Å². The number of carboxylic acids is 1. The summed E-state index contributed by atoms with van der Waals surface area (Å²) in [5.41, 5.74) is 3.43. The summed E-state index contributed by atoms with van der Waals surface area (Å²) in [5, 5.41) is 14.4.